The van der Waals surface area contributed by atoms with E-state index in [9.17, 15) is 18.7 Å². The molecule has 0 fully saturated rings. The normalized spacial score (nSPS) is 13.1. The van der Waals surface area contributed by atoms with Gasteiger partial charge in [0.15, 0.2) is 0 Å². The molecule has 2 aromatic carbocycles. The molecule has 0 heterocycles. The van der Waals surface area contributed by atoms with Crippen LogP contribution in [0.25, 0.3) is 10.8 Å². The Labute approximate surface area is 120 Å². The SMILES string of the molecule is CCOC(=O)C(F)(F)[C@H](N)c1ccc2cc(O)ccc2c1. The molecule has 0 bridgehead atoms. The number of fused-ring (bicyclic) bond motifs is 1. The maximum atomic E-state index is 13.9. The zero-order chi connectivity index (χ0) is 15.6. The highest BCUT2D eigenvalue weighted by Gasteiger charge is 2.47. The van der Waals surface area contributed by atoms with Crippen LogP contribution in [0.4, 0.5) is 8.78 Å². The van der Waals surface area contributed by atoms with Gasteiger partial charge in [-0.2, -0.15) is 8.78 Å². The molecule has 0 saturated heterocycles. The van der Waals surface area contributed by atoms with Crippen LogP contribution >= 0.6 is 0 Å². The minimum absolute atomic E-state index is 0.0800. The van der Waals surface area contributed by atoms with E-state index in [0.717, 1.165) is 0 Å². The molecule has 0 radical (unpaired) electrons. The van der Waals surface area contributed by atoms with Gasteiger partial charge in [0, 0.05) is 0 Å². The van der Waals surface area contributed by atoms with E-state index in [4.69, 9.17) is 5.73 Å². The van der Waals surface area contributed by atoms with Crippen molar-refractivity contribution in [3.05, 3.63) is 42.0 Å². The van der Waals surface area contributed by atoms with Crippen LogP contribution < -0.4 is 5.73 Å². The number of carbonyl (C=O) groups excluding carboxylic acids is 1. The predicted molar refractivity (Wildman–Crippen MR) is 74.1 cm³/mol. The van der Waals surface area contributed by atoms with Gasteiger partial charge in [0.25, 0.3) is 0 Å². The lowest BCUT2D eigenvalue weighted by Gasteiger charge is -2.22. The van der Waals surface area contributed by atoms with E-state index >= 15 is 0 Å². The average molecular weight is 295 g/mol. The van der Waals surface area contributed by atoms with E-state index in [2.05, 4.69) is 4.74 Å². The average Bonchev–Trinajstić information content (AvgIpc) is 2.46. The summed E-state index contributed by atoms with van der Waals surface area (Å²) in [6.07, 6.45) is 0. The maximum absolute atomic E-state index is 13.9. The summed E-state index contributed by atoms with van der Waals surface area (Å²) in [4.78, 5) is 11.3. The number of alkyl halides is 2. The third-order valence-electron chi connectivity index (χ3n) is 3.15. The van der Waals surface area contributed by atoms with Gasteiger partial charge in [-0.1, -0.05) is 18.2 Å². The van der Waals surface area contributed by atoms with Crippen molar-refractivity contribution >= 4 is 16.7 Å². The first-order valence-corrected chi connectivity index (χ1v) is 6.39. The van der Waals surface area contributed by atoms with Gasteiger partial charge >= 0.3 is 11.9 Å². The van der Waals surface area contributed by atoms with E-state index in [0.29, 0.717) is 10.8 Å². The summed E-state index contributed by atoms with van der Waals surface area (Å²) in [6, 6.07) is 7.17. The third-order valence-corrected chi connectivity index (χ3v) is 3.15. The molecule has 3 N–H and O–H groups in total. The third kappa shape index (κ3) is 2.95. The van der Waals surface area contributed by atoms with Gasteiger partial charge in [-0.25, -0.2) is 4.79 Å². The van der Waals surface area contributed by atoms with Crippen molar-refractivity contribution < 1.29 is 23.4 Å². The Bertz CT molecular complexity index is 673. The Kier molecular flexibility index (Phi) is 4.09. The first kappa shape index (κ1) is 15.2. The zero-order valence-corrected chi connectivity index (χ0v) is 11.3. The lowest BCUT2D eigenvalue weighted by Crippen LogP contribution is -2.41. The molecule has 112 valence electrons. The summed E-state index contributed by atoms with van der Waals surface area (Å²) >= 11 is 0. The van der Waals surface area contributed by atoms with E-state index in [-0.39, 0.29) is 17.9 Å². The molecule has 4 nitrogen and oxygen atoms in total. The largest absolute Gasteiger partial charge is 0.508 e. The van der Waals surface area contributed by atoms with Crippen LogP contribution in [0.5, 0.6) is 5.75 Å². The number of ether oxygens (including phenoxy) is 1. The van der Waals surface area contributed by atoms with Crippen LogP contribution in [-0.4, -0.2) is 23.6 Å². The lowest BCUT2D eigenvalue weighted by atomic mass is 9.98. The van der Waals surface area contributed by atoms with E-state index < -0.39 is 17.9 Å². The molecular formula is C15H15F2NO3. The van der Waals surface area contributed by atoms with E-state index in [1.807, 2.05) is 0 Å². The van der Waals surface area contributed by atoms with Crippen LogP contribution in [0, 0.1) is 0 Å². The van der Waals surface area contributed by atoms with Gasteiger partial charge in [0.2, 0.25) is 0 Å². The number of phenols is 1. The number of phenolic OH excluding ortho intramolecular Hbond substituents is 1. The van der Waals surface area contributed by atoms with Gasteiger partial charge in [0.05, 0.1) is 6.61 Å². The molecular weight excluding hydrogens is 280 g/mol. The summed E-state index contributed by atoms with van der Waals surface area (Å²) in [5.41, 5.74) is 5.64. The summed E-state index contributed by atoms with van der Waals surface area (Å²) in [5.74, 6) is -5.36. The number of hydrogen-bond acceptors (Lipinski definition) is 4. The molecule has 2 aromatic rings. The minimum atomic E-state index is -3.80. The maximum Gasteiger partial charge on any atom is 0.379 e. The smallest absolute Gasteiger partial charge is 0.379 e. The van der Waals surface area contributed by atoms with E-state index in [1.165, 1.54) is 31.2 Å². The number of carbonyl (C=O) groups is 1. The molecule has 0 saturated carbocycles. The number of aromatic hydroxyl groups is 1. The summed E-state index contributed by atoms with van der Waals surface area (Å²) in [6.45, 7) is 1.31. The van der Waals surface area contributed by atoms with Gasteiger partial charge in [-0.3, -0.25) is 0 Å². The number of rotatable bonds is 4. The fourth-order valence-corrected chi connectivity index (χ4v) is 2.01. The Morgan fingerprint density at radius 1 is 1.29 bits per heavy atom. The van der Waals surface area contributed by atoms with E-state index in [1.54, 1.807) is 12.1 Å². The summed E-state index contributed by atoms with van der Waals surface area (Å²) in [7, 11) is 0. The highest BCUT2D eigenvalue weighted by atomic mass is 19.3. The van der Waals surface area contributed by atoms with Crippen molar-refractivity contribution in [3.63, 3.8) is 0 Å². The van der Waals surface area contributed by atoms with Crippen LogP contribution in [0.2, 0.25) is 0 Å². The topological polar surface area (TPSA) is 72.5 Å². The van der Waals surface area contributed by atoms with Crippen molar-refractivity contribution in [1.82, 2.24) is 0 Å². The Hall–Kier alpha value is -2.21. The zero-order valence-electron chi connectivity index (χ0n) is 11.3. The van der Waals surface area contributed by atoms with Gasteiger partial charge in [0.1, 0.15) is 11.8 Å². The number of benzene rings is 2. The summed E-state index contributed by atoms with van der Waals surface area (Å²) < 4.78 is 32.2. The summed E-state index contributed by atoms with van der Waals surface area (Å²) in [5, 5.41) is 10.7. The molecule has 0 aromatic heterocycles. The second-order valence-corrected chi connectivity index (χ2v) is 4.61. The quantitative estimate of drug-likeness (QED) is 0.851. The molecule has 21 heavy (non-hydrogen) atoms. The van der Waals surface area contributed by atoms with Gasteiger partial charge in [-0.05, 0) is 41.5 Å². The van der Waals surface area contributed by atoms with Crippen LogP contribution in [-0.2, 0) is 9.53 Å². The Balaban J connectivity index is 2.36. The molecule has 6 heteroatoms. The van der Waals surface area contributed by atoms with Crippen molar-refractivity contribution in [2.24, 2.45) is 5.73 Å². The molecule has 2 rings (SSSR count). The molecule has 1 atom stereocenters. The highest BCUT2D eigenvalue weighted by Crippen LogP contribution is 2.32. The van der Waals surface area contributed by atoms with Crippen LogP contribution in [0.1, 0.15) is 18.5 Å². The first-order chi connectivity index (χ1) is 9.86. The molecule has 0 unspecified atom stereocenters. The van der Waals surface area contributed by atoms with Crippen molar-refractivity contribution in [1.29, 1.82) is 0 Å². The Morgan fingerprint density at radius 2 is 1.90 bits per heavy atom. The van der Waals surface area contributed by atoms with Crippen LogP contribution in [0.15, 0.2) is 36.4 Å². The second-order valence-electron chi connectivity index (χ2n) is 4.61. The fourth-order valence-electron chi connectivity index (χ4n) is 2.01. The van der Waals surface area contributed by atoms with Gasteiger partial charge in [-0.15, -0.1) is 0 Å². The first-order valence-electron chi connectivity index (χ1n) is 6.39. The Morgan fingerprint density at radius 3 is 2.57 bits per heavy atom. The lowest BCUT2D eigenvalue weighted by molar-refractivity contribution is -0.174. The minimum Gasteiger partial charge on any atom is -0.508 e. The van der Waals surface area contributed by atoms with Crippen molar-refractivity contribution in [3.8, 4) is 5.75 Å². The van der Waals surface area contributed by atoms with Crippen molar-refractivity contribution in [2.45, 2.75) is 18.9 Å². The molecule has 0 aliphatic heterocycles. The molecule has 0 spiro atoms. The monoisotopic (exact) mass is 295 g/mol. The number of nitrogens with two attached hydrogens (primary N) is 1. The highest BCUT2D eigenvalue weighted by molar-refractivity contribution is 5.85. The molecule has 0 aliphatic carbocycles. The molecule has 0 amide bonds. The predicted octanol–water partition coefficient (Wildman–Crippen LogP) is 2.74. The standard InChI is InChI=1S/C15H15F2NO3/c1-2-21-14(20)15(16,17)13(18)11-4-3-10-8-12(19)6-5-9(10)7-11/h3-8,13,19H,2,18H2,1H3/t13-/m1/s1. The number of hydrogen-bond donors (Lipinski definition) is 2. The fraction of sp³-hybridized carbons (Fsp3) is 0.267. The second kappa shape index (κ2) is 5.65. The molecule has 0 aliphatic rings. The van der Waals surface area contributed by atoms with Crippen LogP contribution in [0.3, 0.4) is 0 Å². The number of esters is 1. The van der Waals surface area contributed by atoms with Crippen molar-refractivity contribution in [2.75, 3.05) is 6.61 Å². The number of halogens is 2. The van der Waals surface area contributed by atoms with Gasteiger partial charge < -0.3 is 15.6 Å².